The maximum absolute atomic E-state index is 13.1. The predicted molar refractivity (Wildman–Crippen MR) is 98.3 cm³/mol. The summed E-state index contributed by atoms with van der Waals surface area (Å²) < 4.78 is 30.0. The van der Waals surface area contributed by atoms with Crippen LogP contribution in [0.25, 0.3) is 11.0 Å². The summed E-state index contributed by atoms with van der Waals surface area (Å²) in [6.07, 6.45) is 0. The number of para-hydroxylation sites is 1. The van der Waals surface area contributed by atoms with E-state index in [1.54, 1.807) is 50.5 Å². The summed E-state index contributed by atoms with van der Waals surface area (Å²) in [6.45, 7) is -0.488. The predicted octanol–water partition coefficient (Wildman–Crippen LogP) is 0.558. The molecule has 26 heavy (non-hydrogen) atoms. The van der Waals surface area contributed by atoms with E-state index in [4.69, 9.17) is 5.73 Å². The first-order chi connectivity index (χ1) is 12.2. The van der Waals surface area contributed by atoms with Crippen LogP contribution in [-0.4, -0.2) is 30.0 Å². The molecule has 0 bridgehead atoms. The summed E-state index contributed by atoms with van der Waals surface area (Å²) >= 11 is 0. The van der Waals surface area contributed by atoms with Crippen LogP contribution in [-0.2, 0) is 28.9 Å². The average Bonchev–Trinajstić information content (AvgIpc) is 2.84. The molecular formula is C17H18N4O4S. The third kappa shape index (κ3) is 2.86. The number of primary amides is 1. The first-order valence-electron chi connectivity index (χ1n) is 7.75. The zero-order valence-corrected chi connectivity index (χ0v) is 15.1. The van der Waals surface area contributed by atoms with E-state index < -0.39 is 22.5 Å². The number of nitrogens with zero attached hydrogens (tertiary/aromatic N) is 3. The Balaban J connectivity index is 2.19. The van der Waals surface area contributed by atoms with Crippen LogP contribution >= 0.6 is 0 Å². The second kappa shape index (κ2) is 6.34. The Morgan fingerprint density at radius 3 is 2.27 bits per heavy atom. The van der Waals surface area contributed by atoms with Gasteiger partial charge in [0, 0.05) is 14.1 Å². The second-order valence-electron chi connectivity index (χ2n) is 5.86. The van der Waals surface area contributed by atoms with Crippen molar-refractivity contribution in [3.8, 4) is 0 Å². The fourth-order valence-electron chi connectivity index (χ4n) is 2.83. The summed E-state index contributed by atoms with van der Waals surface area (Å²) in [5.74, 6) is -0.773. The number of amides is 1. The van der Waals surface area contributed by atoms with Crippen molar-refractivity contribution in [3.63, 3.8) is 0 Å². The van der Waals surface area contributed by atoms with E-state index >= 15 is 0 Å². The lowest BCUT2D eigenvalue weighted by molar-refractivity contribution is -0.116. The molecule has 0 saturated heterocycles. The number of benzene rings is 2. The molecule has 2 aromatic carbocycles. The van der Waals surface area contributed by atoms with Crippen LogP contribution in [0.4, 0.5) is 5.69 Å². The fraction of sp³-hybridized carbons (Fsp3) is 0.176. The molecule has 0 radical (unpaired) electrons. The third-order valence-corrected chi connectivity index (χ3v) is 5.94. The van der Waals surface area contributed by atoms with Gasteiger partial charge in [-0.2, -0.15) is 0 Å². The highest BCUT2D eigenvalue weighted by Crippen LogP contribution is 2.25. The SMILES string of the molecule is Cn1c(=O)n(C)c2cc(S(=O)(=O)N(CC(N)=O)c3ccccc3)ccc21. The fourth-order valence-corrected chi connectivity index (χ4v) is 4.28. The number of carbonyl (C=O) groups excluding carboxylic acids is 1. The van der Waals surface area contributed by atoms with Gasteiger partial charge in [0.25, 0.3) is 10.0 Å². The number of aryl methyl sites for hydroxylation is 2. The van der Waals surface area contributed by atoms with Gasteiger partial charge in [0.15, 0.2) is 0 Å². The minimum atomic E-state index is -4.05. The van der Waals surface area contributed by atoms with Gasteiger partial charge in [-0.3, -0.25) is 18.2 Å². The van der Waals surface area contributed by atoms with Crippen molar-refractivity contribution < 1.29 is 13.2 Å². The molecule has 0 saturated carbocycles. The van der Waals surface area contributed by atoms with E-state index in [-0.39, 0.29) is 10.6 Å². The van der Waals surface area contributed by atoms with Gasteiger partial charge >= 0.3 is 5.69 Å². The van der Waals surface area contributed by atoms with Gasteiger partial charge in [-0.25, -0.2) is 13.2 Å². The molecule has 0 aliphatic heterocycles. The lowest BCUT2D eigenvalue weighted by atomic mass is 10.3. The van der Waals surface area contributed by atoms with Crippen LogP contribution in [0.1, 0.15) is 0 Å². The van der Waals surface area contributed by atoms with Gasteiger partial charge in [-0.15, -0.1) is 0 Å². The number of imidazole rings is 1. The lowest BCUT2D eigenvalue weighted by Crippen LogP contribution is -2.38. The average molecular weight is 374 g/mol. The van der Waals surface area contributed by atoms with Gasteiger partial charge in [-0.05, 0) is 30.3 Å². The zero-order chi connectivity index (χ0) is 19.1. The molecule has 0 atom stereocenters. The highest BCUT2D eigenvalue weighted by molar-refractivity contribution is 7.92. The Morgan fingerprint density at radius 2 is 1.65 bits per heavy atom. The minimum Gasteiger partial charge on any atom is -0.368 e. The number of aromatic nitrogens is 2. The van der Waals surface area contributed by atoms with Crippen molar-refractivity contribution in [2.45, 2.75) is 4.90 Å². The van der Waals surface area contributed by atoms with Crippen LogP contribution in [0, 0.1) is 0 Å². The van der Waals surface area contributed by atoms with Crippen LogP contribution in [0.15, 0.2) is 58.2 Å². The van der Waals surface area contributed by atoms with E-state index in [1.807, 2.05) is 0 Å². The van der Waals surface area contributed by atoms with Gasteiger partial charge in [0.1, 0.15) is 6.54 Å². The van der Waals surface area contributed by atoms with Gasteiger partial charge in [0.2, 0.25) is 5.91 Å². The Morgan fingerprint density at radius 1 is 1.04 bits per heavy atom. The normalized spacial score (nSPS) is 11.6. The molecular weight excluding hydrogens is 356 g/mol. The lowest BCUT2D eigenvalue weighted by Gasteiger charge is -2.23. The van der Waals surface area contributed by atoms with Crippen molar-refractivity contribution in [1.82, 2.24) is 9.13 Å². The molecule has 1 heterocycles. The molecule has 9 heteroatoms. The number of nitrogens with two attached hydrogens (primary N) is 1. The van der Waals surface area contributed by atoms with E-state index in [0.717, 1.165) is 4.31 Å². The quantitative estimate of drug-likeness (QED) is 0.704. The number of hydrogen-bond donors (Lipinski definition) is 1. The maximum atomic E-state index is 13.1. The molecule has 0 aliphatic carbocycles. The van der Waals surface area contributed by atoms with Crippen LogP contribution in [0.2, 0.25) is 0 Å². The molecule has 0 aliphatic rings. The van der Waals surface area contributed by atoms with Gasteiger partial charge in [-0.1, -0.05) is 18.2 Å². The minimum absolute atomic E-state index is 0.0312. The molecule has 3 rings (SSSR count). The number of hydrogen-bond acceptors (Lipinski definition) is 4. The third-order valence-electron chi connectivity index (χ3n) is 4.18. The Kier molecular flexibility index (Phi) is 4.33. The molecule has 0 spiro atoms. The summed E-state index contributed by atoms with van der Waals surface area (Å²) in [6, 6.07) is 12.6. The molecule has 0 unspecified atom stereocenters. The molecule has 136 valence electrons. The van der Waals surface area contributed by atoms with E-state index in [9.17, 15) is 18.0 Å². The van der Waals surface area contributed by atoms with Gasteiger partial charge in [0.05, 0.1) is 21.6 Å². The second-order valence-corrected chi connectivity index (χ2v) is 7.73. The highest BCUT2D eigenvalue weighted by Gasteiger charge is 2.27. The summed E-state index contributed by atoms with van der Waals surface area (Å²) in [4.78, 5) is 23.5. The van der Waals surface area contributed by atoms with Crippen LogP contribution in [0.3, 0.4) is 0 Å². The number of anilines is 1. The molecule has 0 fully saturated rings. The number of rotatable bonds is 5. The van der Waals surface area contributed by atoms with Gasteiger partial charge < -0.3 is 5.73 Å². The summed E-state index contributed by atoms with van der Waals surface area (Å²) in [5.41, 5.74) is 6.41. The zero-order valence-electron chi connectivity index (χ0n) is 14.3. The topological polar surface area (TPSA) is 107 Å². The Hall–Kier alpha value is -3.07. The largest absolute Gasteiger partial charge is 0.368 e. The molecule has 3 aromatic rings. The molecule has 2 N–H and O–H groups in total. The first kappa shape index (κ1) is 17.7. The monoisotopic (exact) mass is 374 g/mol. The summed E-state index contributed by atoms with van der Waals surface area (Å²) in [5, 5.41) is 0. The summed E-state index contributed by atoms with van der Waals surface area (Å²) in [7, 11) is -0.871. The highest BCUT2D eigenvalue weighted by atomic mass is 32.2. The van der Waals surface area contributed by atoms with E-state index in [1.165, 1.54) is 21.3 Å². The molecule has 1 aromatic heterocycles. The standard InChI is InChI=1S/C17H18N4O4S/c1-19-14-9-8-13(10-15(14)20(2)17(19)23)26(24,25)21(11-16(18)22)12-6-4-3-5-7-12/h3-10H,11H2,1-2H3,(H2,18,22). The van der Waals surface area contributed by atoms with Crippen molar-refractivity contribution in [3.05, 3.63) is 59.0 Å². The number of sulfonamides is 1. The van der Waals surface area contributed by atoms with Crippen LogP contribution < -0.4 is 15.7 Å². The van der Waals surface area contributed by atoms with Crippen molar-refractivity contribution >= 4 is 32.7 Å². The molecule has 8 nitrogen and oxygen atoms in total. The number of fused-ring (bicyclic) bond motifs is 1. The Labute approximate surface area is 150 Å². The van der Waals surface area contributed by atoms with Crippen molar-refractivity contribution in [2.24, 2.45) is 19.8 Å². The number of carbonyl (C=O) groups is 1. The first-order valence-corrected chi connectivity index (χ1v) is 9.19. The smallest absolute Gasteiger partial charge is 0.328 e. The van der Waals surface area contributed by atoms with E-state index in [2.05, 4.69) is 0 Å². The molecule has 1 amide bonds. The van der Waals surface area contributed by atoms with E-state index in [0.29, 0.717) is 16.7 Å². The Bertz CT molecular complexity index is 1150. The maximum Gasteiger partial charge on any atom is 0.328 e. The van der Waals surface area contributed by atoms with Crippen molar-refractivity contribution in [1.29, 1.82) is 0 Å². The van der Waals surface area contributed by atoms with Crippen LogP contribution in [0.5, 0.6) is 0 Å². The van der Waals surface area contributed by atoms with Crippen molar-refractivity contribution in [2.75, 3.05) is 10.8 Å².